The van der Waals surface area contributed by atoms with Crippen molar-refractivity contribution in [2.24, 2.45) is 0 Å². The van der Waals surface area contributed by atoms with Gasteiger partial charge in [-0.3, -0.25) is 0 Å². The van der Waals surface area contributed by atoms with Gasteiger partial charge in [0, 0.05) is 76.9 Å². The molecule has 33 heavy (non-hydrogen) atoms. The van der Waals surface area contributed by atoms with Crippen molar-refractivity contribution in [3.63, 3.8) is 0 Å². The van der Waals surface area contributed by atoms with Crippen molar-refractivity contribution in [3.8, 4) is 5.75 Å². The van der Waals surface area contributed by atoms with Crippen LogP contribution in [0.4, 0.5) is 17.1 Å². The van der Waals surface area contributed by atoms with E-state index in [1.165, 1.54) is 28.1 Å². The smallest absolute Gasteiger partial charge is 0.125 e. The zero-order chi connectivity index (χ0) is 24.0. The molecule has 4 heteroatoms. The third kappa shape index (κ3) is 6.01. The molecule has 3 aromatic rings. The maximum absolute atomic E-state index is 6.37. The molecular weight excluding hydrogens is 406 g/mol. The van der Waals surface area contributed by atoms with Crippen LogP contribution in [0.15, 0.2) is 66.7 Å². The molecule has 176 valence electrons. The highest BCUT2D eigenvalue weighted by molar-refractivity contribution is 5.59. The van der Waals surface area contributed by atoms with E-state index in [9.17, 15) is 0 Å². The molecule has 0 radical (unpaired) electrons. The van der Waals surface area contributed by atoms with E-state index >= 15 is 0 Å². The van der Waals surface area contributed by atoms with Gasteiger partial charge in [0.05, 0.1) is 6.61 Å². The highest BCUT2D eigenvalue weighted by atomic mass is 16.5. The summed E-state index contributed by atoms with van der Waals surface area (Å²) in [7, 11) is 12.4. The van der Waals surface area contributed by atoms with Crippen molar-refractivity contribution in [1.29, 1.82) is 0 Å². The molecule has 0 heterocycles. The Hall–Kier alpha value is -3.14. The van der Waals surface area contributed by atoms with Gasteiger partial charge in [-0.05, 0) is 47.9 Å². The van der Waals surface area contributed by atoms with Gasteiger partial charge in [0.2, 0.25) is 0 Å². The number of ether oxygens (including phenoxy) is 1. The lowest BCUT2D eigenvalue weighted by Crippen LogP contribution is -2.13. The van der Waals surface area contributed by atoms with Crippen LogP contribution in [-0.2, 0) is 0 Å². The Morgan fingerprint density at radius 2 is 1.09 bits per heavy atom. The van der Waals surface area contributed by atoms with E-state index in [1.54, 1.807) is 0 Å². The highest BCUT2D eigenvalue weighted by Crippen LogP contribution is 2.40. The minimum atomic E-state index is 0.0882. The quantitative estimate of drug-likeness (QED) is 0.271. The summed E-state index contributed by atoms with van der Waals surface area (Å²) in [5.41, 5.74) is 7.26. The van der Waals surface area contributed by atoms with Gasteiger partial charge in [0.15, 0.2) is 0 Å². The highest BCUT2D eigenvalue weighted by Gasteiger charge is 2.22. The molecule has 0 bridgehead atoms. The van der Waals surface area contributed by atoms with E-state index < -0.39 is 0 Å². The van der Waals surface area contributed by atoms with Gasteiger partial charge in [0.25, 0.3) is 0 Å². The lowest BCUT2D eigenvalue weighted by Gasteiger charge is -2.25. The maximum atomic E-state index is 6.37. The van der Waals surface area contributed by atoms with Crippen LogP contribution in [0.1, 0.15) is 42.4 Å². The van der Waals surface area contributed by atoms with Crippen molar-refractivity contribution in [2.45, 2.75) is 25.7 Å². The molecule has 0 aliphatic rings. The first-order valence-electron chi connectivity index (χ1n) is 11.8. The lowest BCUT2D eigenvalue weighted by atomic mass is 9.84. The lowest BCUT2D eigenvalue weighted by molar-refractivity contribution is 0.306. The van der Waals surface area contributed by atoms with Crippen molar-refractivity contribution in [1.82, 2.24) is 0 Å². The van der Waals surface area contributed by atoms with E-state index in [0.29, 0.717) is 0 Å². The van der Waals surface area contributed by atoms with E-state index in [1.807, 2.05) is 0 Å². The average molecular weight is 446 g/mol. The number of anilines is 3. The molecular formula is C29H39N3O. The summed E-state index contributed by atoms with van der Waals surface area (Å²) in [4.78, 5) is 6.40. The number of hydrogen-bond acceptors (Lipinski definition) is 4. The van der Waals surface area contributed by atoms with Gasteiger partial charge in [0.1, 0.15) is 5.75 Å². The first-order valence-corrected chi connectivity index (χ1v) is 11.8. The second-order valence-corrected chi connectivity index (χ2v) is 9.22. The topological polar surface area (TPSA) is 19.0 Å². The van der Waals surface area contributed by atoms with Crippen LogP contribution in [0.3, 0.4) is 0 Å². The second kappa shape index (κ2) is 11.1. The van der Waals surface area contributed by atoms with Crippen LogP contribution in [0.2, 0.25) is 0 Å². The molecule has 0 saturated carbocycles. The fourth-order valence-corrected chi connectivity index (χ4v) is 3.97. The Morgan fingerprint density at radius 3 is 1.52 bits per heavy atom. The summed E-state index contributed by atoms with van der Waals surface area (Å²) in [5, 5.41) is 0. The summed E-state index contributed by atoms with van der Waals surface area (Å²) in [6.45, 7) is 2.92. The second-order valence-electron chi connectivity index (χ2n) is 9.22. The Labute approximate surface area is 200 Å². The SMILES string of the molecule is CCCCOc1cc(N(C)C)ccc1C(c1ccc(N(C)C)cc1)c1ccc(N(C)C)cc1. The van der Waals surface area contributed by atoms with Crippen LogP contribution in [0.5, 0.6) is 5.75 Å². The number of benzene rings is 3. The van der Waals surface area contributed by atoms with Crippen molar-refractivity contribution in [2.75, 3.05) is 63.6 Å². The van der Waals surface area contributed by atoms with Crippen molar-refractivity contribution in [3.05, 3.63) is 83.4 Å². The Morgan fingerprint density at radius 1 is 0.636 bits per heavy atom. The molecule has 0 amide bonds. The third-order valence-electron chi connectivity index (χ3n) is 6.07. The van der Waals surface area contributed by atoms with E-state index in [2.05, 4.69) is 131 Å². The predicted molar refractivity (Wildman–Crippen MR) is 144 cm³/mol. The minimum absolute atomic E-state index is 0.0882. The molecule has 0 saturated heterocycles. The first kappa shape index (κ1) is 24.5. The molecule has 4 nitrogen and oxygen atoms in total. The molecule has 0 aromatic heterocycles. The largest absolute Gasteiger partial charge is 0.493 e. The predicted octanol–water partition coefficient (Wildman–Crippen LogP) is 6.24. The number of hydrogen-bond donors (Lipinski definition) is 0. The fourth-order valence-electron chi connectivity index (χ4n) is 3.97. The third-order valence-corrected chi connectivity index (χ3v) is 6.07. The molecule has 3 rings (SSSR count). The zero-order valence-electron chi connectivity index (χ0n) is 21.3. The van der Waals surface area contributed by atoms with E-state index in [-0.39, 0.29) is 5.92 Å². The van der Waals surface area contributed by atoms with Gasteiger partial charge in [-0.25, -0.2) is 0 Å². The van der Waals surface area contributed by atoms with Gasteiger partial charge in [-0.15, -0.1) is 0 Å². The number of rotatable bonds is 10. The number of unbranched alkanes of at least 4 members (excludes halogenated alkanes) is 1. The summed E-state index contributed by atoms with van der Waals surface area (Å²) >= 11 is 0. The van der Waals surface area contributed by atoms with Gasteiger partial charge < -0.3 is 19.4 Å². The van der Waals surface area contributed by atoms with Crippen LogP contribution < -0.4 is 19.4 Å². The maximum Gasteiger partial charge on any atom is 0.125 e. The standard InChI is InChI=1S/C29H39N3O/c1-8-9-20-33-28-21-26(32(6)7)18-19-27(28)29(22-10-14-24(15-11-22)30(2)3)23-12-16-25(17-13-23)31(4)5/h10-19,21,29H,8-9,20H2,1-7H3. The minimum Gasteiger partial charge on any atom is -0.493 e. The van der Waals surface area contributed by atoms with Crippen LogP contribution in [0, 0.1) is 0 Å². The van der Waals surface area contributed by atoms with Gasteiger partial charge in [-0.1, -0.05) is 43.7 Å². The Bertz CT molecular complexity index is 957. The molecule has 0 aliphatic carbocycles. The van der Waals surface area contributed by atoms with Crippen LogP contribution >= 0.6 is 0 Å². The normalized spacial score (nSPS) is 10.9. The molecule has 0 aliphatic heterocycles. The van der Waals surface area contributed by atoms with Gasteiger partial charge in [-0.2, -0.15) is 0 Å². The van der Waals surface area contributed by atoms with E-state index in [4.69, 9.17) is 4.74 Å². The summed E-state index contributed by atoms with van der Waals surface area (Å²) in [5.74, 6) is 1.05. The fraction of sp³-hybridized carbons (Fsp3) is 0.379. The Balaban J connectivity index is 2.13. The van der Waals surface area contributed by atoms with Crippen molar-refractivity contribution < 1.29 is 4.74 Å². The van der Waals surface area contributed by atoms with Crippen LogP contribution in [0.25, 0.3) is 0 Å². The van der Waals surface area contributed by atoms with Crippen molar-refractivity contribution >= 4 is 17.1 Å². The molecule has 0 spiro atoms. The summed E-state index contributed by atoms with van der Waals surface area (Å²) < 4.78 is 6.37. The zero-order valence-corrected chi connectivity index (χ0v) is 21.3. The van der Waals surface area contributed by atoms with Gasteiger partial charge >= 0.3 is 0 Å². The molecule has 0 atom stereocenters. The molecule has 0 fully saturated rings. The Kier molecular flexibility index (Phi) is 8.26. The molecule has 0 unspecified atom stereocenters. The summed E-state index contributed by atoms with van der Waals surface area (Å²) in [6, 6.07) is 24.4. The molecule has 3 aromatic carbocycles. The monoisotopic (exact) mass is 445 g/mol. The van der Waals surface area contributed by atoms with E-state index in [0.717, 1.165) is 30.9 Å². The molecule has 0 N–H and O–H groups in total. The van der Waals surface area contributed by atoms with Crippen LogP contribution in [-0.4, -0.2) is 48.9 Å². The number of nitrogens with zero attached hydrogens (tertiary/aromatic N) is 3. The first-order chi connectivity index (χ1) is 15.8. The summed E-state index contributed by atoms with van der Waals surface area (Å²) in [6.07, 6.45) is 2.16. The average Bonchev–Trinajstić information content (AvgIpc) is 2.80.